The van der Waals surface area contributed by atoms with E-state index in [9.17, 15) is 17.2 Å². The zero-order valence-electron chi connectivity index (χ0n) is 6.55. The fourth-order valence-electron chi connectivity index (χ4n) is 0.791. The predicted molar refractivity (Wildman–Crippen MR) is 49.7 cm³/mol. The minimum absolute atomic E-state index is 0.0358. The summed E-state index contributed by atoms with van der Waals surface area (Å²) in [6, 6.07) is 3.36. The summed E-state index contributed by atoms with van der Waals surface area (Å²) in [6.45, 7) is 0. The van der Waals surface area contributed by atoms with Crippen LogP contribution in [0, 0.1) is 0 Å². The fourth-order valence-corrected chi connectivity index (χ4v) is 2.29. The molecular weight excluding hydrogens is 257 g/mol. The molecule has 0 radical (unpaired) electrons. The second-order valence-electron chi connectivity index (χ2n) is 2.38. The van der Waals surface area contributed by atoms with Crippen molar-refractivity contribution < 1.29 is 17.2 Å². The Morgan fingerprint density at radius 1 is 1.21 bits per heavy atom. The van der Waals surface area contributed by atoms with Crippen molar-refractivity contribution in [3.05, 3.63) is 28.2 Å². The van der Waals surface area contributed by atoms with Crippen molar-refractivity contribution in [1.82, 2.24) is 0 Å². The van der Waals surface area contributed by atoms with Crippen molar-refractivity contribution in [1.29, 1.82) is 0 Å². The number of hydrogen-bond acceptors (Lipinski definition) is 2. The molecular formula is C7H4Cl2F2O2S. The summed E-state index contributed by atoms with van der Waals surface area (Å²) in [4.78, 5) is -0.651. The second-order valence-corrected chi connectivity index (χ2v) is 5.11. The van der Waals surface area contributed by atoms with Gasteiger partial charge in [-0.15, -0.1) is 0 Å². The van der Waals surface area contributed by atoms with E-state index in [2.05, 4.69) is 0 Å². The Hall–Kier alpha value is -0.390. The van der Waals surface area contributed by atoms with Crippen molar-refractivity contribution in [2.75, 3.05) is 0 Å². The first kappa shape index (κ1) is 11.7. The maximum Gasteiger partial charge on any atom is 0.341 e. The third kappa shape index (κ3) is 2.16. The summed E-state index contributed by atoms with van der Waals surface area (Å²) in [5.41, 5.74) is 0. The van der Waals surface area contributed by atoms with E-state index in [4.69, 9.17) is 23.2 Å². The molecule has 0 N–H and O–H groups in total. The lowest BCUT2D eigenvalue weighted by Crippen LogP contribution is -2.11. The quantitative estimate of drug-likeness (QED) is 0.820. The lowest BCUT2D eigenvalue weighted by Gasteiger charge is -2.05. The number of hydrogen-bond donors (Lipinski definition) is 0. The van der Waals surface area contributed by atoms with Gasteiger partial charge in [-0.25, -0.2) is 8.42 Å². The first-order valence-electron chi connectivity index (χ1n) is 3.33. The molecule has 0 atom stereocenters. The number of halogens is 4. The summed E-state index contributed by atoms with van der Waals surface area (Å²) in [5.74, 6) is -3.50. The van der Waals surface area contributed by atoms with Crippen LogP contribution in [-0.2, 0) is 9.84 Å². The molecule has 14 heavy (non-hydrogen) atoms. The van der Waals surface area contributed by atoms with Crippen LogP contribution in [0.25, 0.3) is 0 Å². The lowest BCUT2D eigenvalue weighted by molar-refractivity contribution is 0.235. The van der Waals surface area contributed by atoms with Crippen LogP contribution in [-0.4, -0.2) is 14.2 Å². The van der Waals surface area contributed by atoms with E-state index >= 15 is 0 Å². The smallest absolute Gasteiger partial charge is 0.218 e. The Bertz CT molecular complexity index is 445. The van der Waals surface area contributed by atoms with Gasteiger partial charge in [-0.3, -0.25) is 0 Å². The van der Waals surface area contributed by atoms with E-state index in [1.165, 1.54) is 6.07 Å². The number of rotatable bonds is 2. The maximum absolute atomic E-state index is 12.1. The van der Waals surface area contributed by atoms with Crippen LogP contribution in [0.3, 0.4) is 0 Å². The second kappa shape index (κ2) is 4.00. The molecule has 0 aliphatic rings. The summed E-state index contributed by atoms with van der Waals surface area (Å²) >= 11 is 10.9. The third-order valence-corrected chi connectivity index (χ3v) is 3.53. The molecule has 0 aromatic heterocycles. The first-order chi connectivity index (χ1) is 6.35. The number of sulfone groups is 1. The zero-order valence-corrected chi connectivity index (χ0v) is 8.87. The average molecular weight is 261 g/mol. The molecule has 0 aliphatic heterocycles. The Balaban J connectivity index is 3.40. The van der Waals surface area contributed by atoms with Crippen LogP contribution >= 0.6 is 23.2 Å². The molecule has 0 heterocycles. The highest BCUT2D eigenvalue weighted by molar-refractivity contribution is 7.91. The molecule has 1 rings (SSSR count). The van der Waals surface area contributed by atoms with Gasteiger partial charge in [0.1, 0.15) is 0 Å². The van der Waals surface area contributed by atoms with Gasteiger partial charge in [-0.05, 0) is 18.2 Å². The van der Waals surface area contributed by atoms with Gasteiger partial charge in [0.2, 0.25) is 9.84 Å². The summed E-state index contributed by atoms with van der Waals surface area (Å²) in [6.07, 6.45) is 0. The highest BCUT2D eigenvalue weighted by Crippen LogP contribution is 2.28. The maximum atomic E-state index is 12.1. The summed E-state index contributed by atoms with van der Waals surface area (Å²) in [5, 5.41) is -0.233. The third-order valence-electron chi connectivity index (χ3n) is 1.43. The van der Waals surface area contributed by atoms with Crippen LogP contribution in [0.5, 0.6) is 0 Å². The van der Waals surface area contributed by atoms with Crippen LogP contribution < -0.4 is 0 Å². The van der Waals surface area contributed by atoms with Crippen molar-refractivity contribution in [2.24, 2.45) is 0 Å². The largest absolute Gasteiger partial charge is 0.341 e. The van der Waals surface area contributed by atoms with E-state index in [1.54, 1.807) is 0 Å². The van der Waals surface area contributed by atoms with Crippen molar-refractivity contribution in [2.45, 2.75) is 10.7 Å². The predicted octanol–water partition coefficient (Wildman–Crippen LogP) is 2.99. The van der Waals surface area contributed by atoms with Gasteiger partial charge in [0.15, 0.2) is 0 Å². The Morgan fingerprint density at radius 2 is 1.79 bits per heavy atom. The molecule has 0 bridgehead atoms. The zero-order chi connectivity index (χ0) is 10.9. The number of alkyl halides is 2. The minimum Gasteiger partial charge on any atom is -0.218 e. The van der Waals surface area contributed by atoms with E-state index in [1.807, 2.05) is 0 Å². The van der Waals surface area contributed by atoms with Gasteiger partial charge < -0.3 is 0 Å². The van der Waals surface area contributed by atoms with Gasteiger partial charge in [0.25, 0.3) is 0 Å². The van der Waals surface area contributed by atoms with Gasteiger partial charge in [0.05, 0.1) is 9.92 Å². The van der Waals surface area contributed by atoms with Gasteiger partial charge in [0, 0.05) is 5.02 Å². The molecule has 7 heteroatoms. The SMILES string of the molecule is O=S(=O)(c1cc(Cl)ccc1Cl)C(F)F. The Labute approximate surface area is 89.4 Å². The highest BCUT2D eigenvalue weighted by atomic mass is 35.5. The topological polar surface area (TPSA) is 34.1 Å². The molecule has 1 aromatic rings. The molecule has 0 amide bonds. The van der Waals surface area contributed by atoms with Crippen molar-refractivity contribution in [3.8, 4) is 0 Å². The lowest BCUT2D eigenvalue weighted by atomic mass is 10.4. The Morgan fingerprint density at radius 3 is 2.29 bits per heavy atom. The molecule has 2 nitrogen and oxygen atoms in total. The van der Waals surface area contributed by atoms with Gasteiger partial charge in [-0.2, -0.15) is 8.78 Å². The van der Waals surface area contributed by atoms with Gasteiger partial charge in [-0.1, -0.05) is 23.2 Å². The molecule has 78 valence electrons. The molecule has 0 unspecified atom stereocenters. The monoisotopic (exact) mass is 260 g/mol. The molecule has 0 spiro atoms. The van der Waals surface area contributed by atoms with E-state index in [0.717, 1.165) is 12.1 Å². The van der Waals surface area contributed by atoms with Crippen LogP contribution in [0.1, 0.15) is 0 Å². The minimum atomic E-state index is -4.68. The number of benzene rings is 1. The van der Waals surface area contributed by atoms with E-state index in [-0.39, 0.29) is 10.0 Å². The molecule has 1 aromatic carbocycles. The van der Waals surface area contributed by atoms with E-state index in [0.29, 0.717) is 0 Å². The fraction of sp³-hybridized carbons (Fsp3) is 0.143. The standard InChI is InChI=1S/C7H4Cl2F2O2S/c8-4-1-2-5(9)6(3-4)14(12,13)7(10)11/h1-3,7H. The van der Waals surface area contributed by atoms with Crippen LogP contribution in [0.15, 0.2) is 23.1 Å². The first-order valence-corrected chi connectivity index (χ1v) is 5.63. The highest BCUT2D eigenvalue weighted by Gasteiger charge is 2.28. The normalized spacial score (nSPS) is 12.1. The Kier molecular flexibility index (Phi) is 3.34. The van der Waals surface area contributed by atoms with Crippen LogP contribution in [0.4, 0.5) is 8.78 Å². The average Bonchev–Trinajstić information content (AvgIpc) is 2.08. The molecule has 0 aliphatic carbocycles. The van der Waals surface area contributed by atoms with Crippen molar-refractivity contribution in [3.63, 3.8) is 0 Å². The van der Waals surface area contributed by atoms with Crippen LogP contribution in [0.2, 0.25) is 10.0 Å². The van der Waals surface area contributed by atoms with Gasteiger partial charge >= 0.3 is 5.76 Å². The summed E-state index contributed by atoms with van der Waals surface area (Å²) in [7, 11) is -4.68. The van der Waals surface area contributed by atoms with Crippen molar-refractivity contribution >= 4 is 33.0 Å². The van der Waals surface area contributed by atoms with E-state index < -0.39 is 20.5 Å². The molecule has 0 saturated carbocycles. The molecule has 0 fully saturated rings. The molecule has 0 saturated heterocycles. The summed E-state index contributed by atoms with van der Waals surface area (Å²) < 4.78 is 46.3.